The molecule has 2 aromatic heterocycles. The Balaban J connectivity index is 1.54. The number of hydrogen-bond donors (Lipinski definition) is 1. The number of rotatable bonds is 6. The van der Waals surface area contributed by atoms with Crippen LogP contribution in [0.15, 0.2) is 64.2 Å². The van der Waals surface area contributed by atoms with Gasteiger partial charge in [-0.15, -0.1) is 10.2 Å². The molecule has 0 bridgehead atoms. The molecule has 2 aromatic carbocycles. The van der Waals surface area contributed by atoms with Gasteiger partial charge in [0.15, 0.2) is 5.16 Å². The van der Waals surface area contributed by atoms with Gasteiger partial charge in [-0.05, 0) is 31.2 Å². The maximum atomic E-state index is 5.74. The van der Waals surface area contributed by atoms with Crippen molar-refractivity contribution in [3.8, 4) is 11.5 Å². The largest absolute Gasteiger partial charge is 0.420 e. The van der Waals surface area contributed by atoms with Crippen LogP contribution in [0.1, 0.15) is 12.8 Å². The standard InChI is InChI=1S/C19H17N5OS/c1-2-20-17-14-10-6-7-11-15(14)21-19(22-17)26-12-16-23-24-18(25-16)13-8-4-3-5-9-13/h3-11H,2,12H2,1H3,(H,20,21,22). The Morgan fingerprint density at radius 3 is 2.62 bits per heavy atom. The van der Waals surface area contributed by atoms with Gasteiger partial charge in [-0.1, -0.05) is 42.1 Å². The van der Waals surface area contributed by atoms with Crippen LogP contribution in [0.5, 0.6) is 0 Å². The fourth-order valence-electron chi connectivity index (χ4n) is 2.56. The summed E-state index contributed by atoms with van der Waals surface area (Å²) in [6.45, 7) is 2.85. The normalized spacial score (nSPS) is 11.0. The molecule has 0 aliphatic heterocycles. The second-order valence-electron chi connectivity index (χ2n) is 5.56. The molecule has 0 radical (unpaired) electrons. The van der Waals surface area contributed by atoms with Gasteiger partial charge >= 0.3 is 0 Å². The Labute approximate surface area is 155 Å². The van der Waals surface area contributed by atoms with Crippen LogP contribution in [0.25, 0.3) is 22.4 Å². The van der Waals surface area contributed by atoms with Gasteiger partial charge in [0.05, 0.1) is 11.3 Å². The number of benzene rings is 2. The van der Waals surface area contributed by atoms with Crippen LogP contribution < -0.4 is 5.32 Å². The van der Waals surface area contributed by atoms with E-state index >= 15 is 0 Å². The van der Waals surface area contributed by atoms with E-state index in [0.717, 1.165) is 28.8 Å². The van der Waals surface area contributed by atoms with Gasteiger partial charge in [-0.25, -0.2) is 9.97 Å². The van der Waals surface area contributed by atoms with Crippen molar-refractivity contribution in [2.45, 2.75) is 17.8 Å². The van der Waals surface area contributed by atoms with Gasteiger partial charge in [0, 0.05) is 17.5 Å². The molecule has 0 saturated heterocycles. The monoisotopic (exact) mass is 363 g/mol. The smallest absolute Gasteiger partial charge is 0.247 e. The fourth-order valence-corrected chi connectivity index (χ4v) is 3.25. The van der Waals surface area contributed by atoms with E-state index in [1.807, 2.05) is 61.5 Å². The van der Waals surface area contributed by atoms with Crippen LogP contribution in [0.3, 0.4) is 0 Å². The van der Waals surface area contributed by atoms with Crippen LogP contribution in [-0.2, 0) is 5.75 Å². The van der Waals surface area contributed by atoms with Crippen molar-refractivity contribution < 1.29 is 4.42 Å². The second-order valence-corrected chi connectivity index (χ2v) is 6.50. The van der Waals surface area contributed by atoms with E-state index in [1.165, 1.54) is 11.8 Å². The van der Waals surface area contributed by atoms with Crippen LogP contribution in [-0.4, -0.2) is 26.7 Å². The van der Waals surface area contributed by atoms with Crippen molar-refractivity contribution in [2.75, 3.05) is 11.9 Å². The number of para-hydroxylation sites is 1. The Morgan fingerprint density at radius 2 is 1.77 bits per heavy atom. The topological polar surface area (TPSA) is 76.7 Å². The average molecular weight is 363 g/mol. The molecule has 0 spiro atoms. The number of aromatic nitrogens is 4. The number of nitrogens with one attached hydrogen (secondary N) is 1. The lowest BCUT2D eigenvalue weighted by atomic mass is 10.2. The lowest BCUT2D eigenvalue weighted by Crippen LogP contribution is -2.02. The van der Waals surface area contributed by atoms with Gasteiger partial charge in [0.25, 0.3) is 0 Å². The SMILES string of the molecule is CCNc1nc(SCc2nnc(-c3ccccc3)o2)nc2ccccc12. The third-order valence-electron chi connectivity index (χ3n) is 3.74. The summed E-state index contributed by atoms with van der Waals surface area (Å²) < 4.78 is 5.74. The van der Waals surface area contributed by atoms with Crippen molar-refractivity contribution in [3.63, 3.8) is 0 Å². The fraction of sp³-hybridized carbons (Fsp3) is 0.158. The first-order valence-corrected chi connectivity index (χ1v) is 9.33. The molecule has 0 unspecified atom stereocenters. The van der Waals surface area contributed by atoms with Crippen LogP contribution in [0.2, 0.25) is 0 Å². The van der Waals surface area contributed by atoms with Gasteiger partial charge in [-0.3, -0.25) is 0 Å². The summed E-state index contributed by atoms with van der Waals surface area (Å²) in [5.74, 6) is 2.43. The zero-order valence-electron chi connectivity index (χ0n) is 14.2. The van der Waals surface area contributed by atoms with E-state index in [2.05, 4.69) is 25.5 Å². The third-order valence-corrected chi connectivity index (χ3v) is 4.57. The minimum atomic E-state index is 0.518. The molecule has 4 aromatic rings. The number of fused-ring (bicyclic) bond motifs is 1. The van der Waals surface area contributed by atoms with Gasteiger partial charge in [0.1, 0.15) is 5.82 Å². The summed E-state index contributed by atoms with van der Waals surface area (Å²) in [7, 11) is 0. The molecule has 0 aliphatic rings. The number of anilines is 1. The summed E-state index contributed by atoms with van der Waals surface area (Å²) in [5.41, 5.74) is 1.82. The van der Waals surface area contributed by atoms with Crippen molar-refractivity contribution in [3.05, 3.63) is 60.5 Å². The van der Waals surface area contributed by atoms with Crippen molar-refractivity contribution in [1.82, 2.24) is 20.2 Å². The van der Waals surface area contributed by atoms with Crippen LogP contribution >= 0.6 is 11.8 Å². The zero-order chi connectivity index (χ0) is 17.8. The highest BCUT2D eigenvalue weighted by molar-refractivity contribution is 7.98. The molecular weight excluding hydrogens is 346 g/mol. The van der Waals surface area contributed by atoms with Gasteiger partial charge < -0.3 is 9.73 Å². The Hall–Kier alpha value is -2.93. The molecule has 7 heteroatoms. The molecule has 0 amide bonds. The Bertz CT molecular complexity index is 1020. The molecule has 0 fully saturated rings. The summed E-state index contributed by atoms with van der Waals surface area (Å²) in [4.78, 5) is 9.24. The lowest BCUT2D eigenvalue weighted by Gasteiger charge is -2.08. The minimum Gasteiger partial charge on any atom is -0.420 e. The number of hydrogen-bond acceptors (Lipinski definition) is 7. The summed E-state index contributed by atoms with van der Waals surface area (Å²) in [6.07, 6.45) is 0. The van der Waals surface area contributed by atoms with E-state index in [4.69, 9.17) is 4.42 Å². The van der Waals surface area contributed by atoms with Crippen molar-refractivity contribution >= 4 is 28.5 Å². The Morgan fingerprint density at radius 1 is 0.962 bits per heavy atom. The Kier molecular flexibility index (Phi) is 4.79. The quantitative estimate of drug-likeness (QED) is 0.402. The van der Waals surface area contributed by atoms with Crippen molar-refractivity contribution in [1.29, 1.82) is 0 Å². The lowest BCUT2D eigenvalue weighted by molar-refractivity contribution is 0.528. The molecule has 26 heavy (non-hydrogen) atoms. The molecule has 4 rings (SSSR count). The first kappa shape index (κ1) is 16.5. The number of nitrogens with zero attached hydrogens (tertiary/aromatic N) is 4. The van der Waals surface area contributed by atoms with Gasteiger partial charge in [0.2, 0.25) is 11.8 Å². The molecule has 0 saturated carbocycles. The van der Waals surface area contributed by atoms with E-state index in [9.17, 15) is 0 Å². The second kappa shape index (κ2) is 7.53. The van der Waals surface area contributed by atoms with Gasteiger partial charge in [-0.2, -0.15) is 0 Å². The first-order valence-electron chi connectivity index (χ1n) is 8.34. The highest BCUT2D eigenvalue weighted by Crippen LogP contribution is 2.27. The molecule has 0 atom stereocenters. The van der Waals surface area contributed by atoms with E-state index in [0.29, 0.717) is 22.7 Å². The van der Waals surface area contributed by atoms with Crippen LogP contribution in [0, 0.1) is 0 Å². The average Bonchev–Trinajstić information content (AvgIpc) is 3.16. The molecule has 6 nitrogen and oxygen atoms in total. The summed E-state index contributed by atoms with van der Waals surface area (Å²) in [6, 6.07) is 17.7. The maximum absolute atomic E-state index is 5.74. The first-order chi connectivity index (χ1) is 12.8. The molecular formula is C19H17N5OS. The predicted molar refractivity (Wildman–Crippen MR) is 103 cm³/mol. The summed E-state index contributed by atoms with van der Waals surface area (Å²) >= 11 is 1.48. The van der Waals surface area contributed by atoms with Crippen LogP contribution in [0.4, 0.5) is 5.82 Å². The molecule has 2 heterocycles. The highest BCUT2D eigenvalue weighted by Gasteiger charge is 2.11. The number of thioether (sulfide) groups is 1. The van der Waals surface area contributed by atoms with Crippen molar-refractivity contribution in [2.24, 2.45) is 0 Å². The summed E-state index contributed by atoms with van der Waals surface area (Å²) in [5, 5.41) is 13.2. The van der Waals surface area contributed by atoms with E-state index in [1.54, 1.807) is 0 Å². The molecule has 130 valence electrons. The molecule has 0 aliphatic carbocycles. The molecule has 1 N–H and O–H groups in total. The highest BCUT2D eigenvalue weighted by atomic mass is 32.2. The minimum absolute atomic E-state index is 0.518. The predicted octanol–water partition coefficient (Wildman–Crippen LogP) is 4.40. The van der Waals surface area contributed by atoms with E-state index < -0.39 is 0 Å². The zero-order valence-corrected chi connectivity index (χ0v) is 15.0. The maximum Gasteiger partial charge on any atom is 0.247 e. The third kappa shape index (κ3) is 3.52. The van der Waals surface area contributed by atoms with E-state index in [-0.39, 0.29) is 0 Å².